The van der Waals surface area contributed by atoms with Crippen LogP contribution in [-0.4, -0.2) is 6.54 Å². The van der Waals surface area contributed by atoms with Gasteiger partial charge in [-0.15, -0.1) is 0 Å². The molecule has 0 spiro atoms. The summed E-state index contributed by atoms with van der Waals surface area (Å²) in [6.07, 6.45) is 1.34. The van der Waals surface area contributed by atoms with E-state index in [4.69, 9.17) is 4.42 Å². The summed E-state index contributed by atoms with van der Waals surface area (Å²) >= 11 is 0. The molecule has 0 bridgehead atoms. The van der Waals surface area contributed by atoms with Gasteiger partial charge < -0.3 is 9.73 Å². The Morgan fingerprint density at radius 2 is 2.05 bits per heavy atom. The molecule has 19 heavy (non-hydrogen) atoms. The minimum Gasteiger partial charge on any atom is -0.459 e. The lowest BCUT2D eigenvalue weighted by atomic mass is 10.1. The Bertz CT molecular complexity index is 596. The highest BCUT2D eigenvalue weighted by atomic mass is 16.3. The number of benzene rings is 1. The average Bonchev–Trinajstić information content (AvgIpc) is 2.85. The molecule has 0 aliphatic heterocycles. The van der Waals surface area contributed by atoms with Crippen LogP contribution in [0.25, 0.3) is 11.0 Å². The topological polar surface area (TPSA) is 25.2 Å². The van der Waals surface area contributed by atoms with E-state index in [1.165, 1.54) is 17.4 Å². The van der Waals surface area contributed by atoms with Gasteiger partial charge in [-0.05, 0) is 49.8 Å². The summed E-state index contributed by atoms with van der Waals surface area (Å²) in [6, 6.07) is 8.56. The first-order chi connectivity index (χ1) is 8.99. The number of furan rings is 1. The van der Waals surface area contributed by atoms with Crippen molar-refractivity contribution in [2.24, 2.45) is 11.3 Å². The molecule has 2 unspecified atom stereocenters. The zero-order valence-corrected chi connectivity index (χ0v) is 12.3. The van der Waals surface area contributed by atoms with Gasteiger partial charge in [0.15, 0.2) is 0 Å². The Morgan fingerprint density at radius 1 is 1.37 bits per heavy atom. The predicted molar refractivity (Wildman–Crippen MR) is 79.3 cm³/mol. The SMILES string of the molecule is Cc1c(C(C)NCC2CC2(C)C)oc2ccccc12. The van der Waals surface area contributed by atoms with Crippen LogP contribution in [0.4, 0.5) is 0 Å². The van der Waals surface area contributed by atoms with Gasteiger partial charge in [0.2, 0.25) is 0 Å². The lowest BCUT2D eigenvalue weighted by molar-refractivity contribution is 0.424. The normalized spacial score (nSPS) is 22.6. The summed E-state index contributed by atoms with van der Waals surface area (Å²) in [6.45, 7) is 10.1. The van der Waals surface area contributed by atoms with Gasteiger partial charge in [-0.1, -0.05) is 32.0 Å². The highest BCUT2D eigenvalue weighted by Crippen LogP contribution is 2.51. The molecule has 1 aliphatic carbocycles. The molecule has 0 saturated heterocycles. The van der Waals surface area contributed by atoms with Crippen LogP contribution < -0.4 is 5.32 Å². The maximum atomic E-state index is 6.00. The van der Waals surface area contributed by atoms with Crippen LogP contribution in [0, 0.1) is 18.3 Å². The van der Waals surface area contributed by atoms with Gasteiger partial charge in [0.1, 0.15) is 11.3 Å². The zero-order chi connectivity index (χ0) is 13.6. The van der Waals surface area contributed by atoms with Crippen LogP contribution in [-0.2, 0) is 0 Å². The van der Waals surface area contributed by atoms with E-state index in [1.54, 1.807) is 0 Å². The van der Waals surface area contributed by atoms with E-state index in [1.807, 2.05) is 12.1 Å². The van der Waals surface area contributed by atoms with Gasteiger partial charge in [0, 0.05) is 5.39 Å². The van der Waals surface area contributed by atoms with E-state index in [9.17, 15) is 0 Å². The lowest BCUT2D eigenvalue weighted by Crippen LogP contribution is -2.22. The minimum absolute atomic E-state index is 0.281. The predicted octanol–water partition coefficient (Wildman–Crippen LogP) is 4.44. The molecule has 1 heterocycles. The van der Waals surface area contributed by atoms with Gasteiger partial charge in [-0.25, -0.2) is 0 Å². The molecule has 2 heteroatoms. The van der Waals surface area contributed by atoms with E-state index in [0.717, 1.165) is 23.8 Å². The molecule has 2 aromatic rings. The third kappa shape index (κ3) is 2.30. The quantitative estimate of drug-likeness (QED) is 0.876. The van der Waals surface area contributed by atoms with Crippen LogP contribution >= 0.6 is 0 Å². The van der Waals surface area contributed by atoms with Crippen molar-refractivity contribution in [1.82, 2.24) is 5.32 Å². The third-order valence-electron chi connectivity index (χ3n) is 4.66. The Hall–Kier alpha value is -1.28. The summed E-state index contributed by atoms with van der Waals surface area (Å²) in [5, 5.41) is 4.86. The van der Waals surface area contributed by atoms with E-state index < -0.39 is 0 Å². The first kappa shape index (κ1) is 12.7. The third-order valence-corrected chi connectivity index (χ3v) is 4.66. The van der Waals surface area contributed by atoms with Crippen LogP contribution in [0.15, 0.2) is 28.7 Å². The molecule has 2 nitrogen and oxygen atoms in total. The number of para-hydroxylation sites is 1. The molecule has 0 amide bonds. The molecule has 1 aromatic heterocycles. The minimum atomic E-state index is 0.281. The molecular formula is C17H23NO. The van der Waals surface area contributed by atoms with Crippen molar-refractivity contribution < 1.29 is 4.42 Å². The molecule has 3 rings (SSSR count). The van der Waals surface area contributed by atoms with Crippen LogP contribution in [0.5, 0.6) is 0 Å². The summed E-state index contributed by atoms with van der Waals surface area (Å²) in [5.74, 6) is 1.90. The van der Waals surface area contributed by atoms with Crippen molar-refractivity contribution >= 4 is 11.0 Å². The van der Waals surface area contributed by atoms with Crippen LogP contribution in [0.2, 0.25) is 0 Å². The van der Waals surface area contributed by atoms with Crippen molar-refractivity contribution in [3.05, 3.63) is 35.6 Å². The maximum absolute atomic E-state index is 6.00. The molecule has 2 atom stereocenters. The average molecular weight is 257 g/mol. The number of hydrogen-bond donors (Lipinski definition) is 1. The van der Waals surface area contributed by atoms with Crippen LogP contribution in [0.3, 0.4) is 0 Å². The van der Waals surface area contributed by atoms with Gasteiger partial charge in [0.05, 0.1) is 6.04 Å². The van der Waals surface area contributed by atoms with Gasteiger partial charge in [0.25, 0.3) is 0 Å². The number of nitrogens with one attached hydrogen (secondary N) is 1. The smallest absolute Gasteiger partial charge is 0.134 e. The first-order valence-electron chi connectivity index (χ1n) is 7.20. The van der Waals surface area contributed by atoms with Crippen molar-refractivity contribution in [2.45, 2.75) is 40.2 Å². The number of rotatable bonds is 4. The summed E-state index contributed by atoms with van der Waals surface area (Å²) < 4.78 is 6.00. The second-order valence-corrected chi connectivity index (χ2v) is 6.61. The fourth-order valence-electron chi connectivity index (χ4n) is 2.94. The van der Waals surface area contributed by atoms with E-state index in [0.29, 0.717) is 5.41 Å². The second-order valence-electron chi connectivity index (χ2n) is 6.61. The lowest BCUT2D eigenvalue weighted by Gasteiger charge is -2.13. The molecular weight excluding hydrogens is 234 g/mol. The molecule has 102 valence electrons. The maximum Gasteiger partial charge on any atom is 0.134 e. The van der Waals surface area contributed by atoms with Gasteiger partial charge in [-0.2, -0.15) is 0 Å². The van der Waals surface area contributed by atoms with Crippen LogP contribution in [0.1, 0.15) is 44.6 Å². The number of fused-ring (bicyclic) bond motifs is 1. The molecule has 1 fully saturated rings. The van der Waals surface area contributed by atoms with Gasteiger partial charge in [-0.3, -0.25) is 0 Å². The summed E-state index contributed by atoms with van der Waals surface area (Å²) in [7, 11) is 0. The summed E-state index contributed by atoms with van der Waals surface area (Å²) in [5.41, 5.74) is 2.80. The standard InChI is InChI=1S/C17H23NO/c1-11-14-7-5-6-8-15(14)19-16(11)12(2)18-10-13-9-17(13,3)4/h5-8,12-13,18H,9-10H2,1-4H3. The van der Waals surface area contributed by atoms with Crippen molar-refractivity contribution in [3.63, 3.8) is 0 Å². The highest BCUT2D eigenvalue weighted by molar-refractivity contribution is 5.82. The van der Waals surface area contributed by atoms with Crippen molar-refractivity contribution in [3.8, 4) is 0 Å². The van der Waals surface area contributed by atoms with Crippen molar-refractivity contribution in [1.29, 1.82) is 0 Å². The Balaban J connectivity index is 1.74. The molecule has 1 N–H and O–H groups in total. The molecule has 1 aromatic carbocycles. The van der Waals surface area contributed by atoms with E-state index in [-0.39, 0.29) is 6.04 Å². The Kier molecular flexibility index (Phi) is 2.94. The number of aryl methyl sites for hydroxylation is 1. The second kappa shape index (κ2) is 4.38. The first-order valence-corrected chi connectivity index (χ1v) is 7.20. The fraction of sp³-hybridized carbons (Fsp3) is 0.529. The fourth-order valence-corrected chi connectivity index (χ4v) is 2.94. The Morgan fingerprint density at radius 3 is 2.68 bits per heavy atom. The largest absolute Gasteiger partial charge is 0.459 e. The Labute approximate surface area is 115 Å². The summed E-state index contributed by atoms with van der Waals surface area (Å²) in [4.78, 5) is 0. The highest BCUT2D eigenvalue weighted by Gasteiger charge is 2.45. The zero-order valence-electron chi connectivity index (χ0n) is 12.3. The molecule has 1 saturated carbocycles. The molecule has 1 aliphatic rings. The molecule has 0 radical (unpaired) electrons. The van der Waals surface area contributed by atoms with Gasteiger partial charge >= 0.3 is 0 Å². The van der Waals surface area contributed by atoms with E-state index >= 15 is 0 Å². The monoisotopic (exact) mass is 257 g/mol. The van der Waals surface area contributed by atoms with E-state index in [2.05, 4.69) is 45.1 Å². The number of hydrogen-bond acceptors (Lipinski definition) is 2. The van der Waals surface area contributed by atoms with Crippen molar-refractivity contribution in [2.75, 3.05) is 6.54 Å².